The van der Waals surface area contributed by atoms with Gasteiger partial charge in [-0.3, -0.25) is 9.59 Å². The molecule has 0 aromatic carbocycles. The zero-order valence-corrected chi connectivity index (χ0v) is 13.8. The van der Waals surface area contributed by atoms with E-state index in [9.17, 15) is 9.59 Å². The maximum Gasteiger partial charge on any atom is 0.249 e. The van der Waals surface area contributed by atoms with Gasteiger partial charge in [-0.05, 0) is 57.5 Å². The molecule has 1 saturated carbocycles. The van der Waals surface area contributed by atoms with Crippen LogP contribution in [0.5, 0.6) is 0 Å². The lowest BCUT2D eigenvalue weighted by Crippen LogP contribution is -2.74. The van der Waals surface area contributed by atoms with Crippen LogP contribution in [-0.4, -0.2) is 45.8 Å². The Morgan fingerprint density at radius 1 is 1.30 bits per heavy atom. The van der Waals surface area contributed by atoms with Gasteiger partial charge in [-0.1, -0.05) is 6.92 Å². The third-order valence-corrected chi connectivity index (χ3v) is 5.55. The predicted octanol–water partition coefficient (Wildman–Crippen LogP) is 2.04. The Bertz CT molecular complexity index is 407. The monoisotopic (exact) mass is 298 g/mol. The molecule has 0 aromatic heterocycles. The Morgan fingerprint density at radius 2 is 1.95 bits per heavy atom. The van der Waals surface area contributed by atoms with Crippen molar-refractivity contribution in [3.05, 3.63) is 0 Å². The fraction of sp³-hybridized carbons (Fsp3) is 0.867. The Morgan fingerprint density at radius 3 is 2.50 bits per heavy atom. The molecule has 114 valence electrons. The SMILES string of the molecule is CCSCCCN1C(=O)C(C)(C2CC2)NC(=O)C1(C)C. The summed E-state index contributed by atoms with van der Waals surface area (Å²) >= 11 is 1.88. The number of piperazine rings is 1. The smallest absolute Gasteiger partial charge is 0.249 e. The molecule has 1 saturated heterocycles. The summed E-state index contributed by atoms with van der Waals surface area (Å²) in [5.74, 6) is 2.54. The van der Waals surface area contributed by atoms with Crippen molar-refractivity contribution in [2.24, 2.45) is 5.92 Å². The molecule has 2 aliphatic rings. The first kappa shape index (κ1) is 15.7. The van der Waals surface area contributed by atoms with Gasteiger partial charge in [0.05, 0.1) is 0 Å². The third kappa shape index (κ3) is 2.69. The lowest BCUT2D eigenvalue weighted by molar-refractivity contribution is -0.161. The summed E-state index contributed by atoms with van der Waals surface area (Å²) in [4.78, 5) is 27.1. The van der Waals surface area contributed by atoms with E-state index in [2.05, 4.69) is 12.2 Å². The molecular weight excluding hydrogens is 272 g/mol. The standard InChI is InChI=1S/C15H26N2O2S/c1-5-20-10-6-9-17-13(19)15(4,11-7-8-11)16-12(18)14(17,2)3/h11H,5-10H2,1-4H3,(H,16,18). The van der Waals surface area contributed by atoms with Crippen molar-refractivity contribution < 1.29 is 9.59 Å². The maximum atomic E-state index is 12.9. The third-order valence-electron chi connectivity index (χ3n) is 4.56. The molecule has 2 rings (SSSR count). The molecule has 1 aliphatic carbocycles. The van der Waals surface area contributed by atoms with Gasteiger partial charge in [-0.2, -0.15) is 11.8 Å². The maximum absolute atomic E-state index is 12.9. The van der Waals surface area contributed by atoms with Crippen molar-refractivity contribution in [2.45, 2.75) is 58.0 Å². The van der Waals surface area contributed by atoms with Gasteiger partial charge in [0.1, 0.15) is 11.1 Å². The van der Waals surface area contributed by atoms with E-state index in [4.69, 9.17) is 0 Å². The van der Waals surface area contributed by atoms with E-state index in [1.54, 1.807) is 4.90 Å². The van der Waals surface area contributed by atoms with E-state index in [-0.39, 0.29) is 11.8 Å². The van der Waals surface area contributed by atoms with Crippen LogP contribution in [0.15, 0.2) is 0 Å². The van der Waals surface area contributed by atoms with Crippen LogP contribution in [0.4, 0.5) is 0 Å². The Labute approximate surface area is 126 Å². The molecule has 1 heterocycles. The van der Waals surface area contributed by atoms with Gasteiger partial charge < -0.3 is 10.2 Å². The van der Waals surface area contributed by atoms with Crippen LogP contribution in [-0.2, 0) is 9.59 Å². The van der Waals surface area contributed by atoms with Crippen LogP contribution in [0.1, 0.15) is 47.0 Å². The molecule has 0 radical (unpaired) electrons. The average molecular weight is 298 g/mol. The largest absolute Gasteiger partial charge is 0.340 e. The molecule has 5 heteroatoms. The van der Waals surface area contributed by atoms with Gasteiger partial charge in [0.2, 0.25) is 11.8 Å². The minimum atomic E-state index is -0.734. The van der Waals surface area contributed by atoms with Crippen molar-refractivity contribution in [2.75, 3.05) is 18.1 Å². The number of rotatable bonds is 6. The van der Waals surface area contributed by atoms with Crippen LogP contribution < -0.4 is 5.32 Å². The predicted molar refractivity (Wildman–Crippen MR) is 82.7 cm³/mol. The summed E-state index contributed by atoms with van der Waals surface area (Å²) < 4.78 is 0. The summed E-state index contributed by atoms with van der Waals surface area (Å²) in [6.45, 7) is 8.40. The molecule has 1 N–H and O–H groups in total. The highest BCUT2D eigenvalue weighted by atomic mass is 32.2. The Balaban J connectivity index is 2.11. The fourth-order valence-electron chi connectivity index (χ4n) is 2.89. The Hall–Kier alpha value is -0.710. The summed E-state index contributed by atoms with van der Waals surface area (Å²) in [5, 5.41) is 2.99. The van der Waals surface area contributed by atoms with Crippen LogP contribution in [0.3, 0.4) is 0 Å². The first-order valence-electron chi connectivity index (χ1n) is 7.56. The van der Waals surface area contributed by atoms with Gasteiger partial charge in [0, 0.05) is 6.54 Å². The van der Waals surface area contributed by atoms with Crippen molar-refractivity contribution in [3.63, 3.8) is 0 Å². The van der Waals surface area contributed by atoms with Crippen LogP contribution in [0.25, 0.3) is 0 Å². The van der Waals surface area contributed by atoms with Crippen molar-refractivity contribution in [1.82, 2.24) is 10.2 Å². The highest BCUT2D eigenvalue weighted by Crippen LogP contribution is 2.43. The molecule has 2 fully saturated rings. The number of nitrogens with one attached hydrogen (secondary N) is 1. The lowest BCUT2D eigenvalue weighted by atomic mass is 9.85. The van der Waals surface area contributed by atoms with E-state index in [1.165, 1.54) is 0 Å². The van der Waals surface area contributed by atoms with E-state index in [0.29, 0.717) is 12.5 Å². The van der Waals surface area contributed by atoms with Crippen LogP contribution in [0, 0.1) is 5.92 Å². The quantitative estimate of drug-likeness (QED) is 0.763. The molecule has 4 nitrogen and oxygen atoms in total. The zero-order chi connectivity index (χ0) is 15.0. The minimum Gasteiger partial charge on any atom is -0.340 e. The summed E-state index contributed by atoms with van der Waals surface area (Å²) in [6, 6.07) is 0. The average Bonchev–Trinajstić information content (AvgIpc) is 3.20. The molecule has 1 unspecified atom stereocenters. The first-order chi connectivity index (χ1) is 9.34. The molecule has 0 aromatic rings. The van der Waals surface area contributed by atoms with Crippen LogP contribution >= 0.6 is 11.8 Å². The number of hydrogen-bond donors (Lipinski definition) is 1. The molecule has 2 amide bonds. The topological polar surface area (TPSA) is 49.4 Å². The van der Waals surface area contributed by atoms with E-state index >= 15 is 0 Å². The second kappa shape index (κ2) is 5.58. The molecular formula is C15H26N2O2S. The number of nitrogens with zero attached hydrogens (tertiary/aromatic N) is 1. The second-order valence-electron chi connectivity index (χ2n) is 6.50. The van der Waals surface area contributed by atoms with E-state index in [0.717, 1.165) is 30.8 Å². The highest BCUT2D eigenvalue weighted by molar-refractivity contribution is 7.99. The number of carbonyl (C=O) groups excluding carboxylic acids is 2. The second-order valence-corrected chi connectivity index (χ2v) is 7.89. The highest BCUT2D eigenvalue weighted by Gasteiger charge is 2.57. The van der Waals surface area contributed by atoms with E-state index in [1.807, 2.05) is 32.5 Å². The number of amides is 2. The van der Waals surface area contributed by atoms with Gasteiger partial charge in [0.15, 0.2) is 0 Å². The van der Waals surface area contributed by atoms with Crippen molar-refractivity contribution in [1.29, 1.82) is 0 Å². The fourth-order valence-corrected chi connectivity index (χ4v) is 3.51. The van der Waals surface area contributed by atoms with E-state index < -0.39 is 11.1 Å². The van der Waals surface area contributed by atoms with Gasteiger partial charge >= 0.3 is 0 Å². The molecule has 1 aliphatic heterocycles. The number of carbonyl (C=O) groups is 2. The number of thioether (sulfide) groups is 1. The molecule has 0 bridgehead atoms. The molecule has 0 spiro atoms. The van der Waals surface area contributed by atoms with Crippen LogP contribution in [0.2, 0.25) is 0 Å². The van der Waals surface area contributed by atoms with Gasteiger partial charge in [0.25, 0.3) is 0 Å². The van der Waals surface area contributed by atoms with Gasteiger partial charge in [-0.25, -0.2) is 0 Å². The first-order valence-corrected chi connectivity index (χ1v) is 8.72. The van der Waals surface area contributed by atoms with Gasteiger partial charge in [-0.15, -0.1) is 0 Å². The molecule has 1 atom stereocenters. The summed E-state index contributed by atoms with van der Waals surface area (Å²) in [6.07, 6.45) is 3.03. The zero-order valence-electron chi connectivity index (χ0n) is 13.0. The molecule has 20 heavy (non-hydrogen) atoms. The Kier molecular flexibility index (Phi) is 4.38. The summed E-state index contributed by atoms with van der Waals surface area (Å²) in [5.41, 5.74) is -1.41. The minimum absolute atomic E-state index is 0.0188. The van der Waals surface area contributed by atoms with Crippen molar-refractivity contribution in [3.8, 4) is 0 Å². The normalized spacial score (nSPS) is 29.5. The number of hydrogen-bond acceptors (Lipinski definition) is 3. The summed E-state index contributed by atoms with van der Waals surface area (Å²) in [7, 11) is 0. The lowest BCUT2D eigenvalue weighted by Gasteiger charge is -2.49. The van der Waals surface area contributed by atoms with Crippen molar-refractivity contribution >= 4 is 23.6 Å².